The minimum Gasteiger partial charge on any atom is -0.505 e. The Hall–Kier alpha value is -3.37. The average molecular weight is 694 g/mol. The molecule has 2 aliphatic carbocycles. The smallest absolute Gasteiger partial charge is 0.272 e. The molecular weight excluding hydrogens is 635 g/mol. The van der Waals surface area contributed by atoms with Gasteiger partial charge in [-0.25, -0.2) is 4.98 Å². The Morgan fingerprint density at radius 1 is 1.00 bits per heavy atom. The molecule has 1 aromatic carbocycles. The first-order valence-electron chi connectivity index (χ1n) is 18.3. The zero-order valence-electron chi connectivity index (χ0n) is 30.5. The number of carbonyl (C=O) groups is 1. The van der Waals surface area contributed by atoms with E-state index in [0.29, 0.717) is 17.2 Å². The second kappa shape index (κ2) is 21.0. The molecule has 10 heteroatoms. The van der Waals surface area contributed by atoms with E-state index in [9.17, 15) is 4.79 Å². The van der Waals surface area contributed by atoms with Gasteiger partial charge in [-0.15, -0.1) is 11.3 Å². The van der Waals surface area contributed by atoms with Gasteiger partial charge in [0.25, 0.3) is 5.91 Å². The third-order valence-electron chi connectivity index (χ3n) is 9.72. The molecule has 270 valence electrons. The number of ether oxygens (including phenoxy) is 3. The molecule has 2 aromatic heterocycles. The number of nitrogens with zero attached hydrogens (tertiary/aromatic N) is 4. The second-order valence-electron chi connectivity index (χ2n) is 13.4. The van der Waals surface area contributed by atoms with Gasteiger partial charge in [-0.3, -0.25) is 9.48 Å². The fourth-order valence-corrected chi connectivity index (χ4v) is 7.76. The SMILES string of the molecule is C/C=C/OC.CC1CCCC1.COc1cccc(OC)c1-c1cc(C(=O)NC(CCN2CCCCC2)Cc2nccs2)nn1C1CCCC1. The zero-order chi connectivity index (χ0) is 34.8. The molecule has 1 atom stereocenters. The van der Waals surface area contributed by atoms with Crippen molar-refractivity contribution in [3.05, 3.63) is 58.9 Å². The molecule has 3 aromatic rings. The number of nitrogens with one attached hydrogen (secondary N) is 1. The summed E-state index contributed by atoms with van der Waals surface area (Å²) >= 11 is 1.64. The van der Waals surface area contributed by atoms with Crippen LogP contribution in [-0.2, 0) is 11.2 Å². The molecule has 1 amide bonds. The van der Waals surface area contributed by atoms with Crippen LogP contribution in [0.1, 0.15) is 112 Å². The molecule has 3 fully saturated rings. The van der Waals surface area contributed by atoms with E-state index in [4.69, 9.17) is 14.6 Å². The van der Waals surface area contributed by atoms with Crippen LogP contribution in [0.5, 0.6) is 11.5 Å². The van der Waals surface area contributed by atoms with Crippen LogP contribution in [-0.4, -0.2) is 72.6 Å². The third kappa shape index (κ3) is 11.9. The summed E-state index contributed by atoms with van der Waals surface area (Å²) in [5.41, 5.74) is 2.13. The van der Waals surface area contributed by atoms with E-state index in [2.05, 4.69) is 26.9 Å². The molecule has 0 radical (unpaired) electrons. The quantitative estimate of drug-likeness (QED) is 0.190. The number of hydrogen-bond acceptors (Lipinski definition) is 8. The summed E-state index contributed by atoms with van der Waals surface area (Å²) in [4.78, 5) is 20.7. The van der Waals surface area contributed by atoms with Gasteiger partial charge in [-0.05, 0) is 76.2 Å². The number of hydrogen-bond donors (Lipinski definition) is 1. The van der Waals surface area contributed by atoms with Crippen LogP contribution >= 0.6 is 11.3 Å². The van der Waals surface area contributed by atoms with Crippen LogP contribution in [0.15, 0.2) is 48.2 Å². The molecule has 3 heterocycles. The highest BCUT2D eigenvalue weighted by Crippen LogP contribution is 2.41. The van der Waals surface area contributed by atoms with Crippen LogP contribution in [0.25, 0.3) is 11.3 Å². The summed E-state index contributed by atoms with van der Waals surface area (Å²) in [6.45, 7) is 7.52. The molecule has 3 aliphatic rings. The van der Waals surface area contributed by atoms with Crippen LogP contribution in [0.2, 0.25) is 0 Å². The highest BCUT2D eigenvalue weighted by atomic mass is 32.1. The van der Waals surface area contributed by atoms with E-state index >= 15 is 0 Å². The lowest BCUT2D eigenvalue weighted by molar-refractivity contribution is 0.0924. The molecule has 1 N–H and O–H groups in total. The molecule has 2 saturated carbocycles. The largest absolute Gasteiger partial charge is 0.505 e. The first-order valence-corrected chi connectivity index (χ1v) is 19.2. The van der Waals surface area contributed by atoms with Crippen molar-refractivity contribution in [2.75, 3.05) is 41.0 Å². The number of rotatable bonds is 12. The molecular formula is C39H59N5O4S. The molecule has 1 aliphatic heterocycles. The van der Waals surface area contributed by atoms with Crippen LogP contribution < -0.4 is 14.8 Å². The van der Waals surface area contributed by atoms with Crippen molar-refractivity contribution < 1.29 is 19.0 Å². The van der Waals surface area contributed by atoms with Crippen molar-refractivity contribution in [3.63, 3.8) is 0 Å². The maximum absolute atomic E-state index is 13.7. The van der Waals surface area contributed by atoms with Gasteiger partial charge in [0.2, 0.25) is 0 Å². The predicted molar refractivity (Wildman–Crippen MR) is 200 cm³/mol. The van der Waals surface area contributed by atoms with Crippen LogP contribution in [0.3, 0.4) is 0 Å². The Kier molecular flexibility index (Phi) is 16.5. The van der Waals surface area contributed by atoms with Crippen LogP contribution in [0.4, 0.5) is 0 Å². The van der Waals surface area contributed by atoms with E-state index < -0.39 is 0 Å². The number of piperidine rings is 1. The highest BCUT2D eigenvalue weighted by molar-refractivity contribution is 7.09. The topological polar surface area (TPSA) is 90.7 Å². The minimum absolute atomic E-state index is 0.00328. The monoisotopic (exact) mass is 693 g/mol. The summed E-state index contributed by atoms with van der Waals surface area (Å²) < 4.78 is 18.0. The zero-order valence-corrected chi connectivity index (χ0v) is 31.3. The Morgan fingerprint density at radius 3 is 2.20 bits per heavy atom. The van der Waals surface area contributed by atoms with Crippen molar-refractivity contribution in [1.82, 2.24) is 25.0 Å². The number of aromatic nitrogens is 3. The number of benzene rings is 1. The number of amides is 1. The number of carbonyl (C=O) groups excluding carboxylic acids is 1. The number of likely N-dealkylation sites (tertiary alicyclic amines) is 1. The Morgan fingerprint density at radius 2 is 1.67 bits per heavy atom. The van der Waals surface area contributed by atoms with E-state index in [0.717, 1.165) is 67.5 Å². The first kappa shape index (κ1) is 38.4. The minimum atomic E-state index is -0.142. The van der Waals surface area contributed by atoms with Crippen molar-refractivity contribution in [1.29, 1.82) is 0 Å². The third-order valence-corrected chi connectivity index (χ3v) is 10.5. The lowest BCUT2D eigenvalue weighted by Crippen LogP contribution is -2.40. The van der Waals surface area contributed by atoms with Crippen molar-refractivity contribution in [2.24, 2.45) is 5.92 Å². The molecule has 0 bridgehead atoms. The summed E-state index contributed by atoms with van der Waals surface area (Å²) in [6.07, 6.45) is 21.1. The van der Waals surface area contributed by atoms with E-state index in [1.54, 1.807) is 38.9 Å². The van der Waals surface area contributed by atoms with Gasteiger partial charge in [-0.1, -0.05) is 64.0 Å². The standard InChI is InChI=1S/C29H39N5O3S.C6H12.C4H8O/c1-36-25-11-8-12-26(37-2)28(25)24-20-23(32-34(24)22-9-4-5-10-22)29(35)31-21(19-27-30-14-18-38-27)13-17-33-15-6-3-7-16-33;1-6-4-2-3-5-6;1-3-4-5-2/h8,11-12,14,18,20-22H,3-7,9-10,13,15-17,19H2,1-2H3,(H,31,35);6H,2-5H2,1H3;3-4H,1-2H3/b;;4-3+. The van der Waals surface area contributed by atoms with Crippen molar-refractivity contribution >= 4 is 17.2 Å². The lowest BCUT2D eigenvalue weighted by atomic mass is 10.1. The van der Waals surface area contributed by atoms with Gasteiger partial charge in [-0.2, -0.15) is 5.10 Å². The Bertz CT molecular complexity index is 1370. The maximum atomic E-state index is 13.7. The molecule has 1 unspecified atom stereocenters. The molecule has 49 heavy (non-hydrogen) atoms. The fraction of sp³-hybridized carbons (Fsp3) is 0.615. The molecule has 1 saturated heterocycles. The normalized spacial score (nSPS) is 17.6. The molecule has 0 spiro atoms. The highest BCUT2D eigenvalue weighted by Gasteiger charge is 2.28. The second-order valence-corrected chi connectivity index (χ2v) is 14.4. The Balaban J connectivity index is 0.000000421. The Labute approximate surface area is 298 Å². The summed E-state index contributed by atoms with van der Waals surface area (Å²) in [5, 5.41) is 11.2. The predicted octanol–water partition coefficient (Wildman–Crippen LogP) is 8.72. The number of methoxy groups -OCH3 is 3. The van der Waals surface area contributed by atoms with E-state index in [-0.39, 0.29) is 18.0 Å². The summed E-state index contributed by atoms with van der Waals surface area (Å²) in [6, 6.07) is 7.92. The average Bonchev–Trinajstić information content (AvgIpc) is 3.97. The van der Waals surface area contributed by atoms with Gasteiger partial charge in [0.15, 0.2) is 5.69 Å². The molecule has 9 nitrogen and oxygen atoms in total. The number of allylic oxidation sites excluding steroid dienone is 1. The lowest BCUT2D eigenvalue weighted by Gasteiger charge is -2.28. The van der Waals surface area contributed by atoms with E-state index in [1.165, 1.54) is 57.8 Å². The van der Waals surface area contributed by atoms with E-state index in [1.807, 2.05) is 53.5 Å². The van der Waals surface area contributed by atoms with Crippen molar-refractivity contribution in [2.45, 2.75) is 109 Å². The summed E-state index contributed by atoms with van der Waals surface area (Å²) in [7, 11) is 4.95. The fourth-order valence-electron chi connectivity index (χ4n) is 7.06. The van der Waals surface area contributed by atoms with Gasteiger partial charge in [0.1, 0.15) is 11.5 Å². The van der Waals surface area contributed by atoms with Crippen molar-refractivity contribution in [3.8, 4) is 22.8 Å². The summed E-state index contributed by atoms with van der Waals surface area (Å²) in [5.74, 6) is 2.32. The van der Waals surface area contributed by atoms with Gasteiger partial charge in [0.05, 0.1) is 49.9 Å². The first-order chi connectivity index (χ1) is 24.0. The number of thiazole rings is 1. The molecule has 6 rings (SSSR count). The van der Waals surface area contributed by atoms with Gasteiger partial charge < -0.3 is 24.4 Å². The van der Waals surface area contributed by atoms with Gasteiger partial charge in [0, 0.05) is 30.6 Å². The van der Waals surface area contributed by atoms with Gasteiger partial charge >= 0.3 is 0 Å². The van der Waals surface area contributed by atoms with Crippen LogP contribution in [0, 0.1) is 5.92 Å². The maximum Gasteiger partial charge on any atom is 0.272 e.